The lowest BCUT2D eigenvalue weighted by atomic mass is 9.64. The van der Waals surface area contributed by atoms with E-state index in [-0.39, 0.29) is 0 Å². The van der Waals surface area contributed by atoms with Gasteiger partial charge in [-0.1, -0.05) is 13.3 Å². The molecule has 0 spiro atoms. The predicted octanol–water partition coefficient (Wildman–Crippen LogP) is 1.58. The molecule has 2 rings (SSSR count). The highest BCUT2D eigenvalue weighted by atomic mass is 16.4. The van der Waals surface area contributed by atoms with Crippen LogP contribution in [0.25, 0.3) is 0 Å². The van der Waals surface area contributed by atoms with Crippen LogP contribution in [0.3, 0.4) is 0 Å². The molecule has 0 bridgehead atoms. The van der Waals surface area contributed by atoms with Crippen molar-refractivity contribution in [3.8, 4) is 0 Å². The number of carboxylic acids is 1. The fourth-order valence-electron chi connectivity index (χ4n) is 2.35. The molecule has 1 aliphatic carbocycles. The van der Waals surface area contributed by atoms with Gasteiger partial charge in [-0.15, -0.1) is 0 Å². The molecule has 1 fully saturated rings. The van der Waals surface area contributed by atoms with E-state index >= 15 is 0 Å². The fraction of sp³-hybridized carbons (Fsp3) is 0.667. The molecule has 0 aliphatic heterocycles. The van der Waals surface area contributed by atoms with E-state index in [4.69, 9.17) is 0 Å². The van der Waals surface area contributed by atoms with Crippen molar-refractivity contribution >= 4 is 5.97 Å². The van der Waals surface area contributed by atoms with Gasteiger partial charge in [0.2, 0.25) is 0 Å². The Balaban J connectivity index is 2.17. The smallest absolute Gasteiger partial charge is 0.312 e. The summed E-state index contributed by atoms with van der Waals surface area (Å²) >= 11 is 0. The van der Waals surface area contributed by atoms with Crippen molar-refractivity contribution in [1.82, 2.24) is 9.78 Å². The Morgan fingerprint density at radius 2 is 2.35 bits per heavy atom. The third kappa shape index (κ3) is 1.95. The van der Waals surface area contributed by atoms with Gasteiger partial charge in [-0.3, -0.25) is 9.48 Å². The molecule has 5 nitrogen and oxygen atoms in total. The zero-order chi connectivity index (χ0) is 12.5. The van der Waals surface area contributed by atoms with Gasteiger partial charge in [0.25, 0.3) is 0 Å². The first-order valence-electron chi connectivity index (χ1n) is 6.04. The molecule has 2 N–H and O–H groups in total. The van der Waals surface area contributed by atoms with Gasteiger partial charge in [-0.25, -0.2) is 0 Å². The van der Waals surface area contributed by atoms with Crippen LogP contribution in [0.1, 0.15) is 44.3 Å². The molecule has 1 saturated carbocycles. The molecular formula is C12H18N2O3. The molecule has 17 heavy (non-hydrogen) atoms. The molecule has 1 atom stereocenters. The van der Waals surface area contributed by atoms with Crippen molar-refractivity contribution in [2.24, 2.45) is 5.41 Å². The summed E-state index contributed by atoms with van der Waals surface area (Å²) in [5, 5.41) is 23.6. The monoisotopic (exact) mass is 238 g/mol. The van der Waals surface area contributed by atoms with Crippen LogP contribution in [-0.4, -0.2) is 26.0 Å². The normalized spacial score (nSPS) is 19.6. The molecule has 5 heteroatoms. The second-order valence-electron chi connectivity index (χ2n) is 4.75. The Morgan fingerprint density at radius 3 is 2.82 bits per heavy atom. The second-order valence-corrected chi connectivity index (χ2v) is 4.75. The predicted molar refractivity (Wildman–Crippen MR) is 61.4 cm³/mol. The Labute approximate surface area is 100 Å². The van der Waals surface area contributed by atoms with Gasteiger partial charge >= 0.3 is 5.97 Å². The first-order chi connectivity index (χ1) is 8.10. The summed E-state index contributed by atoms with van der Waals surface area (Å²) in [6.07, 6.45) is 5.29. The quantitative estimate of drug-likeness (QED) is 0.816. The molecule has 94 valence electrons. The summed E-state index contributed by atoms with van der Waals surface area (Å²) in [5.74, 6) is -0.903. The number of nitrogens with zero attached hydrogens (tertiary/aromatic N) is 2. The Hall–Kier alpha value is -1.36. The highest BCUT2D eigenvalue weighted by Gasteiger charge is 2.51. The van der Waals surface area contributed by atoms with Crippen LogP contribution in [-0.2, 0) is 11.3 Å². The summed E-state index contributed by atoms with van der Waals surface area (Å²) in [6, 6.07) is 0. The van der Waals surface area contributed by atoms with Crippen LogP contribution in [0.2, 0.25) is 0 Å². The topological polar surface area (TPSA) is 75.4 Å². The number of hydrogen-bond acceptors (Lipinski definition) is 3. The lowest BCUT2D eigenvalue weighted by molar-refractivity contribution is -0.166. The zero-order valence-corrected chi connectivity index (χ0v) is 9.96. The molecule has 0 saturated heterocycles. The van der Waals surface area contributed by atoms with Gasteiger partial charge < -0.3 is 10.2 Å². The van der Waals surface area contributed by atoms with E-state index in [0.717, 1.165) is 19.4 Å². The van der Waals surface area contributed by atoms with E-state index < -0.39 is 17.5 Å². The molecule has 1 aromatic heterocycles. The standard InChI is InChI=1S/C12H18N2O3/c1-2-6-14-8-9(7-13-14)10(15)12(11(16)17)4-3-5-12/h7-8,10,15H,2-6H2,1H3,(H,16,17). The van der Waals surface area contributed by atoms with Gasteiger partial charge in [0.05, 0.1) is 17.7 Å². The molecule has 1 aliphatic rings. The van der Waals surface area contributed by atoms with Crippen LogP contribution in [0.4, 0.5) is 0 Å². The van der Waals surface area contributed by atoms with E-state index in [2.05, 4.69) is 5.10 Å². The minimum Gasteiger partial charge on any atom is -0.481 e. The first kappa shape index (κ1) is 12.1. The zero-order valence-electron chi connectivity index (χ0n) is 9.96. The average molecular weight is 238 g/mol. The van der Waals surface area contributed by atoms with Crippen LogP contribution in [0.15, 0.2) is 12.4 Å². The van der Waals surface area contributed by atoms with Gasteiger partial charge in [0.15, 0.2) is 0 Å². The molecule has 1 heterocycles. The maximum absolute atomic E-state index is 11.3. The van der Waals surface area contributed by atoms with Gasteiger partial charge in [-0.2, -0.15) is 5.10 Å². The van der Waals surface area contributed by atoms with Crippen molar-refractivity contribution in [2.75, 3.05) is 0 Å². The van der Waals surface area contributed by atoms with Crippen molar-refractivity contribution in [3.63, 3.8) is 0 Å². The highest BCUT2D eigenvalue weighted by Crippen LogP contribution is 2.50. The SMILES string of the molecule is CCCn1cc(C(O)C2(C(=O)O)CCC2)cn1. The van der Waals surface area contributed by atoms with Gasteiger partial charge in [0.1, 0.15) is 0 Å². The van der Waals surface area contributed by atoms with Crippen LogP contribution < -0.4 is 0 Å². The maximum Gasteiger partial charge on any atom is 0.312 e. The largest absolute Gasteiger partial charge is 0.481 e. The number of aromatic nitrogens is 2. The van der Waals surface area contributed by atoms with E-state index in [1.807, 2.05) is 6.92 Å². The Morgan fingerprint density at radius 1 is 1.65 bits per heavy atom. The van der Waals surface area contributed by atoms with Crippen LogP contribution >= 0.6 is 0 Å². The van der Waals surface area contributed by atoms with E-state index in [0.29, 0.717) is 18.4 Å². The Bertz CT molecular complexity index is 410. The number of aliphatic hydroxyl groups excluding tert-OH is 1. The van der Waals surface area contributed by atoms with Gasteiger partial charge in [0, 0.05) is 18.3 Å². The number of carboxylic acid groups (broad SMARTS) is 1. The third-order valence-corrected chi connectivity index (χ3v) is 3.62. The van der Waals surface area contributed by atoms with Crippen molar-refractivity contribution in [1.29, 1.82) is 0 Å². The number of aryl methyl sites for hydroxylation is 1. The van der Waals surface area contributed by atoms with Crippen molar-refractivity contribution in [2.45, 2.75) is 45.3 Å². The van der Waals surface area contributed by atoms with Crippen molar-refractivity contribution < 1.29 is 15.0 Å². The number of carbonyl (C=O) groups is 1. The van der Waals surface area contributed by atoms with Crippen LogP contribution in [0.5, 0.6) is 0 Å². The first-order valence-corrected chi connectivity index (χ1v) is 6.04. The molecule has 0 radical (unpaired) electrons. The number of aliphatic carboxylic acids is 1. The van der Waals surface area contributed by atoms with E-state index in [9.17, 15) is 15.0 Å². The molecule has 0 aromatic carbocycles. The number of rotatable bonds is 5. The lowest BCUT2D eigenvalue weighted by Crippen LogP contribution is -2.43. The van der Waals surface area contributed by atoms with Gasteiger partial charge in [-0.05, 0) is 19.3 Å². The van der Waals surface area contributed by atoms with Crippen LogP contribution in [0, 0.1) is 5.41 Å². The summed E-state index contributed by atoms with van der Waals surface area (Å²) in [7, 11) is 0. The minimum atomic E-state index is -0.986. The lowest BCUT2D eigenvalue weighted by Gasteiger charge is -2.41. The molecular weight excluding hydrogens is 220 g/mol. The molecule has 1 unspecified atom stereocenters. The fourth-order valence-corrected chi connectivity index (χ4v) is 2.35. The van der Waals surface area contributed by atoms with E-state index in [1.54, 1.807) is 17.1 Å². The Kier molecular flexibility index (Phi) is 3.19. The minimum absolute atomic E-state index is 0.544. The molecule has 0 amide bonds. The summed E-state index contributed by atoms with van der Waals surface area (Å²) < 4.78 is 1.74. The summed E-state index contributed by atoms with van der Waals surface area (Å²) in [4.78, 5) is 11.3. The highest BCUT2D eigenvalue weighted by molar-refractivity contribution is 5.76. The number of hydrogen-bond donors (Lipinski definition) is 2. The van der Waals surface area contributed by atoms with Crippen molar-refractivity contribution in [3.05, 3.63) is 18.0 Å². The summed E-state index contributed by atoms with van der Waals surface area (Å²) in [5.41, 5.74) is -0.374. The molecule has 1 aromatic rings. The average Bonchev–Trinajstić information content (AvgIpc) is 2.64. The maximum atomic E-state index is 11.3. The van der Waals surface area contributed by atoms with E-state index in [1.165, 1.54) is 0 Å². The number of aliphatic hydroxyl groups is 1. The third-order valence-electron chi connectivity index (χ3n) is 3.62. The summed E-state index contributed by atoms with van der Waals surface area (Å²) in [6.45, 7) is 2.83. The second kappa shape index (κ2) is 4.49.